The molecule has 0 aliphatic carbocycles. The Balaban J connectivity index is 2.01. The van der Waals surface area contributed by atoms with Gasteiger partial charge < -0.3 is 10.2 Å². The fourth-order valence-electron chi connectivity index (χ4n) is 2.84. The Morgan fingerprint density at radius 2 is 2.15 bits per heavy atom. The number of piperidine rings is 1. The van der Waals surface area contributed by atoms with Gasteiger partial charge in [-0.3, -0.25) is 0 Å². The molecular weight excluding hydrogens is 312 g/mol. The molecule has 1 unspecified atom stereocenters. The predicted octanol–water partition coefficient (Wildman–Crippen LogP) is 4.57. The van der Waals surface area contributed by atoms with Crippen LogP contribution in [0.1, 0.15) is 45.6 Å². The first-order chi connectivity index (χ1) is 9.58. The van der Waals surface area contributed by atoms with E-state index in [9.17, 15) is 0 Å². The summed E-state index contributed by atoms with van der Waals surface area (Å²) in [6.07, 6.45) is 4.00. The van der Waals surface area contributed by atoms with Crippen LogP contribution < -0.4 is 10.2 Å². The number of halogens is 1. The first kappa shape index (κ1) is 15.8. The van der Waals surface area contributed by atoms with Crippen molar-refractivity contribution in [2.75, 3.05) is 18.0 Å². The summed E-state index contributed by atoms with van der Waals surface area (Å²) in [4.78, 5) is 2.54. The van der Waals surface area contributed by atoms with Gasteiger partial charge in [-0.05, 0) is 56.3 Å². The summed E-state index contributed by atoms with van der Waals surface area (Å²) < 4.78 is 1.23. The van der Waals surface area contributed by atoms with Crippen LogP contribution in [0.4, 0.5) is 5.69 Å². The lowest BCUT2D eigenvalue weighted by atomic mass is 10.0. The zero-order valence-corrected chi connectivity index (χ0v) is 14.5. The highest BCUT2D eigenvalue weighted by Crippen LogP contribution is 2.29. The molecule has 1 saturated heterocycles. The number of hydrogen-bond donors (Lipinski definition) is 1. The monoisotopic (exact) mass is 338 g/mol. The Morgan fingerprint density at radius 1 is 1.35 bits per heavy atom. The Hall–Kier alpha value is -0.540. The van der Waals surface area contributed by atoms with Crippen molar-refractivity contribution in [3.05, 3.63) is 28.2 Å². The van der Waals surface area contributed by atoms with Gasteiger partial charge in [0.05, 0.1) is 0 Å². The molecule has 1 N–H and O–H groups in total. The lowest BCUT2D eigenvalue weighted by Crippen LogP contribution is -2.37. The second-order valence-electron chi connectivity index (χ2n) is 6.34. The van der Waals surface area contributed by atoms with Crippen LogP contribution in [0, 0.1) is 5.92 Å². The number of hydrogen-bond acceptors (Lipinski definition) is 2. The molecule has 112 valence electrons. The van der Waals surface area contributed by atoms with Crippen molar-refractivity contribution in [2.45, 2.75) is 52.6 Å². The lowest BCUT2D eigenvalue weighted by molar-refractivity contribution is 0.484. The van der Waals surface area contributed by atoms with E-state index in [1.54, 1.807) is 0 Å². The summed E-state index contributed by atoms with van der Waals surface area (Å²) >= 11 is 3.73. The second kappa shape index (κ2) is 7.46. The fraction of sp³-hybridized carbons (Fsp3) is 0.647. The molecule has 0 radical (unpaired) electrons. The van der Waals surface area contributed by atoms with Crippen molar-refractivity contribution in [2.24, 2.45) is 5.92 Å². The maximum Gasteiger partial charge on any atom is 0.0380 e. The summed E-state index contributed by atoms with van der Waals surface area (Å²) in [6, 6.07) is 7.49. The first-order valence-corrected chi connectivity index (χ1v) is 8.63. The smallest absolute Gasteiger partial charge is 0.0380 e. The molecule has 0 amide bonds. The van der Waals surface area contributed by atoms with Crippen LogP contribution in [0.5, 0.6) is 0 Å². The number of rotatable bonds is 5. The molecule has 1 aromatic rings. The summed E-state index contributed by atoms with van der Waals surface area (Å²) in [5.41, 5.74) is 2.70. The van der Waals surface area contributed by atoms with Crippen molar-refractivity contribution in [1.29, 1.82) is 0 Å². The zero-order valence-electron chi connectivity index (χ0n) is 13.0. The molecule has 0 aromatic heterocycles. The van der Waals surface area contributed by atoms with Gasteiger partial charge in [0, 0.05) is 29.3 Å². The number of benzene rings is 1. The van der Waals surface area contributed by atoms with Crippen molar-refractivity contribution >= 4 is 21.6 Å². The summed E-state index contributed by atoms with van der Waals surface area (Å²) in [6.45, 7) is 10.0. The van der Waals surface area contributed by atoms with E-state index in [0.717, 1.165) is 13.1 Å². The van der Waals surface area contributed by atoms with Crippen LogP contribution in [0.2, 0.25) is 0 Å². The number of anilines is 1. The van der Waals surface area contributed by atoms with E-state index in [0.29, 0.717) is 12.0 Å². The van der Waals surface area contributed by atoms with Crippen LogP contribution in [0.15, 0.2) is 22.7 Å². The molecule has 1 atom stereocenters. The largest absolute Gasteiger partial charge is 0.369 e. The van der Waals surface area contributed by atoms with Gasteiger partial charge in [-0.25, -0.2) is 0 Å². The third-order valence-electron chi connectivity index (χ3n) is 4.04. The number of nitrogens with one attached hydrogen (secondary N) is 1. The molecule has 1 fully saturated rings. The van der Waals surface area contributed by atoms with Crippen LogP contribution in [0.25, 0.3) is 0 Å². The predicted molar refractivity (Wildman–Crippen MR) is 91.3 cm³/mol. The molecule has 2 rings (SSSR count). The van der Waals surface area contributed by atoms with E-state index in [1.807, 2.05) is 0 Å². The molecule has 0 bridgehead atoms. The Morgan fingerprint density at radius 3 is 2.80 bits per heavy atom. The highest BCUT2D eigenvalue weighted by molar-refractivity contribution is 9.10. The molecular formula is C17H27BrN2. The third kappa shape index (κ3) is 4.23. The third-order valence-corrected chi connectivity index (χ3v) is 4.78. The summed E-state index contributed by atoms with van der Waals surface area (Å²) in [5, 5.41) is 3.51. The van der Waals surface area contributed by atoms with Gasteiger partial charge in [-0.15, -0.1) is 0 Å². The fourth-order valence-corrected chi connectivity index (χ4v) is 3.34. The SMILES string of the molecule is CC(C)CNCc1ccc(N2CCCCC2C)cc1Br. The van der Waals surface area contributed by atoms with E-state index < -0.39 is 0 Å². The molecule has 3 heteroatoms. The molecule has 0 spiro atoms. The number of nitrogens with zero attached hydrogens (tertiary/aromatic N) is 1. The minimum Gasteiger partial charge on any atom is -0.369 e. The maximum absolute atomic E-state index is 3.73. The maximum atomic E-state index is 3.73. The van der Waals surface area contributed by atoms with Gasteiger partial charge in [-0.1, -0.05) is 35.8 Å². The van der Waals surface area contributed by atoms with E-state index in [-0.39, 0.29) is 0 Å². The van der Waals surface area contributed by atoms with Gasteiger partial charge in [0.2, 0.25) is 0 Å². The van der Waals surface area contributed by atoms with Crippen LogP contribution >= 0.6 is 15.9 Å². The van der Waals surface area contributed by atoms with Crippen molar-refractivity contribution < 1.29 is 0 Å². The molecule has 1 aliphatic heterocycles. The Labute approximate surface area is 132 Å². The van der Waals surface area contributed by atoms with E-state index in [4.69, 9.17) is 0 Å². The van der Waals surface area contributed by atoms with Crippen LogP contribution in [-0.2, 0) is 6.54 Å². The van der Waals surface area contributed by atoms with Crippen molar-refractivity contribution in [1.82, 2.24) is 5.32 Å². The van der Waals surface area contributed by atoms with E-state index in [1.165, 1.54) is 41.5 Å². The van der Waals surface area contributed by atoms with E-state index >= 15 is 0 Å². The summed E-state index contributed by atoms with van der Waals surface area (Å²) in [7, 11) is 0. The minimum absolute atomic E-state index is 0.667. The normalized spacial score (nSPS) is 19.6. The van der Waals surface area contributed by atoms with Gasteiger partial charge in [0.15, 0.2) is 0 Å². The average molecular weight is 339 g/mol. The van der Waals surface area contributed by atoms with Crippen molar-refractivity contribution in [3.63, 3.8) is 0 Å². The van der Waals surface area contributed by atoms with Crippen LogP contribution in [-0.4, -0.2) is 19.1 Å². The van der Waals surface area contributed by atoms with Gasteiger partial charge in [0.25, 0.3) is 0 Å². The highest BCUT2D eigenvalue weighted by Gasteiger charge is 2.18. The van der Waals surface area contributed by atoms with Crippen molar-refractivity contribution in [3.8, 4) is 0 Å². The van der Waals surface area contributed by atoms with Gasteiger partial charge in [-0.2, -0.15) is 0 Å². The highest BCUT2D eigenvalue weighted by atomic mass is 79.9. The van der Waals surface area contributed by atoms with Gasteiger partial charge in [0.1, 0.15) is 0 Å². The second-order valence-corrected chi connectivity index (χ2v) is 7.19. The zero-order chi connectivity index (χ0) is 14.5. The van der Waals surface area contributed by atoms with Gasteiger partial charge >= 0.3 is 0 Å². The molecule has 0 saturated carbocycles. The molecule has 1 heterocycles. The molecule has 2 nitrogen and oxygen atoms in total. The quantitative estimate of drug-likeness (QED) is 0.845. The Bertz CT molecular complexity index is 431. The Kier molecular flexibility index (Phi) is 5.91. The minimum atomic E-state index is 0.667. The average Bonchev–Trinajstić information content (AvgIpc) is 2.41. The first-order valence-electron chi connectivity index (χ1n) is 7.83. The lowest BCUT2D eigenvalue weighted by Gasteiger charge is -2.35. The molecule has 1 aliphatic rings. The molecule has 20 heavy (non-hydrogen) atoms. The van der Waals surface area contributed by atoms with E-state index in [2.05, 4.69) is 65.1 Å². The van der Waals surface area contributed by atoms with Crippen LogP contribution in [0.3, 0.4) is 0 Å². The molecule has 1 aromatic carbocycles. The summed E-state index contributed by atoms with van der Waals surface area (Å²) in [5.74, 6) is 0.697. The standard InChI is InChI=1S/C17H27BrN2/c1-13(2)11-19-12-15-7-8-16(10-17(15)18)20-9-5-4-6-14(20)3/h7-8,10,13-14,19H,4-6,9,11-12H2,1-3H3. The topological polar surface area (TPSA) is 15.3 Å².